The molecule has 0 aliphatic heterocycles. The number of aromatic nitrogens is 1. The Morgan fingerprint density at radius 3 is 2.83 bits per heavy atom. The molecule has 2 rings (SSSR count). The SMILES string of the molecule is CC(=O)NNc1nc(C)c(C(=O)/C=C/c2cccc([NH+]([O-])O)c2)s1. The molecule has 0 aliphatic rings. The number of hydrazine groups is 1. The second-order valence-corrected chi connectivity index (χ2v) is 5.87. The molecule has 1 aromatic carbocycles. The first-order chi connectivity index (χ1) is 11.4. The molecule has 0 saturated heterocycles. The van der Waals surface area contributed by atoms with Crippen LogP contribution in [0.2, 0.25) is 0 Å². The molecule has 9 heteroatoms. The largest absolute Gasteiger partial charge is 0.595 e. The van der Waals surface area contributed by atoms with Crippen molar-refractivity contribution >= 4 is 39.9 Å². The van der Waals surface area contributed by atoms with Gasteiger partial charge in [-0.05, 0) is 18.6 Å². The molecule has 2 aromatic rings. The average Bonchev–Trinajstić information content (AvgIpc) is 2.92. The number of anilines is 1. The monoisotopic (exact) mass is 348 g/mol. The number of hydrogen-bond acceptors (Lipinski definition) is 7. The number of carbonyl (C=O) groups excluding carboxylic acids is 2. The lowest BCUT2D eigenvalue weighted by atomic mass is 10.1. The summed E-state index contributed by atoms with van der Waals surface area (Å²) in [4.78, 5) is 27.7. The zero-order valence-corrected chi connectivity index (χ0v) is 13.8. The van der Waals surface area contributed by atoms with E-state index < -0.39 is 5.23 Å². The molecule has 1 aromatic heterocycles. The lowest BCUT2D eigenvalue weighted by molar-refractivity contribution is -0.991. The zero-order chi connectivity index (χ0) is 17.7. The average molecular weight is 348 g/mol. The molecule has 1 amide bonds. The summed E-state index contributed by atoms with van der Waals surface area (Å²) in [5, 5.41) is 19.3. The quantitative estimate of drug-likeness (QED) is 0.354. The van der Waals surface area contributed by atoms with Crippen molar-refractivity contribution in [2.24, 2.45) is 0 Å². The van der Waals surface area contributed by atoms with Gasteiger partial charge in [-0.25, -0.2) is 10.2 Å². The highest BCUT2D eigenvalue weighted by molar-refractivity contribution is 7.17. The topological polar surface area (TPSA) is 119 Å². The van der Waals surface area contributed by atoms with Gasteiger partial charge in [0.25, 0.3) is 0 Å². The van der Waals surface area contributed by atoms with E-state index in [-0.39, 0.29) is 17.4 Å². The molecular formula is C15H16N4O4S. The van der Waals surface area contributed by atoms with E-state index in [1.54, 1.807) is 25.1 Å². The molecule has 0 radical (unpaired) electrons. The fourth-order valence-electron chi connectivity index (χ4n) is 1.84. The first-order valence-corrected chi connectivity index (χ1v) is 7.74. The van der Waals surface area contributed by atoms with Gasteiger partial charge < -0.3 is 5.21 Å². The van der Waals surface area contributed by atoms with Crippen LogP contribution in [0.1, 0.15) is 27.9 Å². The molecule has 0 saturated carbocycles. The van der Waals surface area contributed by atoms with Crippen molar-refractivity contribution in [2.75, 3.05) is 5.43 Å². The second kappa shape index (κ2) is 7.79. The minimum Gasteiger partial charge on any atom is -0.595 e. The minimum atomic E-state index is -1.02. The van der Waals surface area contributed by atoms with Crippen molar-refractivity contribution in [3.63, 3.8) is 0 Å². The third kappa shape index (κ3) is 4.70. The summed E-state index contributed by atoms with van der Waals surface area (Å²) in [5.74, 6) is -0.518. The molecule has 1 atom stereocenters. The Balaban J connectivity index is 2.12. The fraction of sp³-hybridized carbons (Fsp3) is 0.133. The van der Waals surface area contributed by atoms with E-state index in [1.165, 1.54) is 25.1 Å². The fourth-order valence-corrected chi connectivity index (χ4v) is 2.68. The summed E-state index contributed by atoms with van der Waals surface area (Å²) in [6, 6.07) is 6.28. The Bertz CT molecular complexity index is 786. The Morgan fingerprint density at radius 2 is 2.17 bits per heavy atom. The van der Waals surface area contributed by atoms with E-state index in [9.17, 15) is 14.8 Å². The molecule has 126 valence electrons. The van der Waals surface area contributed by atoms with E-state index in [0.717, 1.165) is 11.3 Å². The molecule has 4 N–H and O–H groups in total. The maximum absolute atomic E-state index is 12.3. The van der Waals surface area contributed by atoms with Crippen LogP contribution in [-0.4, -0.2) is 21.9 Å². The molecule has 8 nitrogen and oxygen atoms in total. The van der Waals surface area contributed by atoms with Crippen LogP contribution in [0.5, 0.6) is 0 Å². The van der Waals surface area contributed by atoms with Gasteiger partial charge in [0.05, 0.1) is 10.6 Å². The number of amides is 1. The Hall–Kier alpha value is -2.59. The molecule has 24 heavy (non-hydrogen) atoms. The Kier molecular flexibility index (Phi) is 5.77. The smallest absolute Gasteiger partial charge is 0.235 e. The number of aryl methyl sites for hydroxylation is 1. The van der Waals surface area contributed by atoms with Crippen molar-refractivity contribution in [2.45, 2.75) is 13.8 Å². The van der Waals surface area contributed by atoms with Gasteiger partial charge in [-0.2, -0.15) is 5.23 Å². The third-order valence-electron chi connectivity index (χ3n) is 2.93. The molecular weight excluding hydrogens is 332 g/mol. The van der Waals surface area contributed by atoms with Gasteiger partial charge in [0.2, 0.25) is 11.0 Å². The zero-order valence-electron chi connectivity index (χ0n) is 13.0. The van der Waals surface area contributed by atoms with E-state index in [0.29, 0.717) is 21.3 Å². The summed E-state index contributed by atoms with van der Waals surface area (Å²) in [5.41, 5.74) is 6.32. The maximum atomic E-state index is 12.3. The van der Waals surface area contributed by atoms with Crippen LogP contribution in [0.25, 0.3) is 6.08 Å². The molecule has 0 bridgehead atoms. The normalized spacial score (nSPS) is 12.2. The standard InChI is InChI=1S/C15H16N4O4S/c1-9-14(24-15(16-9)18-17-10(2)20)13(21)7-6-11-4-3-5-12(8-11)19(22)23/h3-8,19,22H,1-2H3,(H,16,18)(H,17,20)/b7-6+. The first kappa shape index (κ1) is 17.8. The molecule has 0 fully saturated rings. The number of quaternary nitrogens is 1. The van der Waals surface area contributed by atoms with Crippen LogP contribution >= 0.6 is 11.3 Å². The summed E-state index contributed by atoms with van der Waals surface area (Å²) >= 11 is 1.12. The van der Waals surface area contributed by atoms with Gasteiger partial charge in [-0.3, -0.25) is 20.4 Å². The Labute approximate surface area is 141 Å². The highest BCUT2D eigenvalue weighted by atomic mass is 32.1. The number of benzene rings is 1. The molecule has 1 unspecified atom stereocenters. The van der Waals surface area contributed by atoms with Crippen molar-refractivity contribution in [1.29, 1.82) is 0 Å². The van der Waals surface area contributed by atoms with Crippen molar-refractivity contribution < 1.29 is 20.0 Å². The van der Waals surface area contributed by atoms with Crippen LogP contribution in [-0.2, 0) is 4.79 Å². The minimum absolute atomic E-state index is 0.153. The van der Waals surface area contributed by atoms with E-state index in [4.69, 9.17) is 5.21 Å². The number of rotatable bonds is 6. The summed E-state index contributed by atoms with van der Waals surface area (Å²) < 4.78 is 0. The number of allylic oxidation sites excluding steroid dienone is 1. The van der Waals surface area contributed by atoms with Crippen molar-refractivity contribution in [3.8, 4) is 0 Å². The number of ketones is 1. The number of carbonyl (C=O) groups is 2. The first-order valence-electron chi connectivity index (χ1n) is 6.92. The molecule has 1 heterocycles. The number of nitrogens with one attached hydrogen (secondary N) is 3. The number of thiazole rings is 1. The van der Waals surface area contributed by atoms with E-state index in [1.807, 2.05) is 0 Å². The van der Waals surface area contributed by atoms with Gasteiger partial charge in [-0.1, -0.05) is 29.5 Å². The summed E-state index contributed by atoms with van der Waals surface area (Å²) in [6.07, 6.45) is 2.92. The number of nitrogens with zero attached hydrogens (tertiary/aromatic N) is 1. The van der Waals surface area contributed by atoms with Crippen LogP contribution in [0.15, 0.2) is 30.3 Å². The van der Waals surface area contributed by atoms with Crippen molar-refractivity contribution in [1.82, 2.24) is 10.4 Å². The lowest BCUT2D eigenvalue weighted by Gasteiger charge is -2.11. The highest BCUT2D eigenvalue weighted by Crippen LogP contribution is 2.23. The summed E-state index contributed by atoms with van der Waals surface area (Å²) in [7, 11) is 0. The predicted molar refractivity (Wildman–Crippen MR) is 89.9 cm³/mol. The van der Waals surface area contributed by atoms with E-state index in [2.05, 4.69) is 15.8 Å². The van der Waals surface area contributed by atoms with E-state index >= 15 is 0 Å². The maximum Gasteiger partial charge on any atom is 0.235 e. The molecule has 0 spiro atoms. The van der Waals surface area contributed by atoms with Crippen LogP contribution in [0, 0.1) is 12.1 Å². The predicted octanol–water partition coefficient (Wildman–Crippen LogP) is 1.21. The highest BCUT2D eigenvalue weighted by Gasteiger charge is 2.13. The van der Waals surface area contributed by atoms with Gasteiger partial charge in [0.15, 0.2) is 11.5 Å². The van der Waals surface area contributed by atoms with Crippen LogP contribution in [0.3, 0.4) is 0 Å². The Morgan fingerprint density at radius 1 is 1.42 bits per heavy atom. The van der Waals surface area contributed by atoms with Crippen LogP contribution < -0.4 is 16.1 Å². The second-order valence-electron chi connectivity index (χ2n) is 4.87. The van der Waals surface area contributed by atoms with Crippen molar-refractivity contribution in [3.05, 3.63) is 51.7 Å². The van der Waals surface area contributed by atoms with Gasteiger partial charge in [0, 0.05) is 19.1 Å². The van der Waals surface area contributed by atoms with Gasteiger partial charge in [0.1, 0.15) is 0 Å². The number of hydrogen-bond donors (Lipinski definition) is 4. The van der Waals surface area contributed by atoms with Crippen LogP contribution in [0.4, 0.5) is 10.8 Å². The molecule has 0 aliphatic carbocycles. The summed E-state index contributed by atoms with van der Waals surface area (Å²) in [6.45, 7) is 3.05. The lowest BCUT2D eigenvalue weighted by Crippen LogP contribution is -2.99. The van der Waals surface area contributed by atoms with Gasteiger partial charge in [-0.15, -0.1) is 0 Å². The third-order valence-corrected chi connectivity index (χ3v) is 4.01. The van der Waals surface area contributed by atoms with Gasteiger partial charge >= 0.3 is 0 Å².